The quantitative estimate of drug-likeness (QED) is 0.621. The van der Waals surface area contributed by atoms with Crippen LogP contribution in [-0.2, 0) is 6.54 Å². The van der Waals surface area contributed by atoms with Gasteiger partial charge in [0.2, 0.25) is 5.95 Å². The fraction of sp³-hybridized carbons (Fsp3) is 0.250. The number of halogens is 2. The summed E-state index contributed by atoms with van der Waals surface area (Å²) in [4.78, 5) is 15.1. The monoisotopic (exact) mass is 384 g/mol. The Bertz CT molecular complexity index is 898. The molecule has 0 atom stereocenters. The van der Waals surface area contributed by atoms with Crippen LogP contribution in [0.2, 0.25) is 0 Å². The Hall–Kier alpha value is -3.13. The molecule has 0 spiro atoms. The average Bonchev–Trinajstić information content (AvgIpc) is 2.66. The molecule has 0 radical (unpaired) electrons. The minimum absolute atomic E-state index is 0.235. The van der Waals surface area contributed by atoms with E-state index in [-0.39, 0.29) is 6.54 Å². The molecule has 1 aromatic carbocycles. The van der Waals surface area contributed by atoms with Gasteiger partial charge in [-0.2, -0.15) is 4.98 Å². The lowest BCUT2D eigenvalue weighted by atomic mass is 10.2. The highest BCUT2D eigenvalue weighted by Crippen LogP contribution is 2.21. The standard InChI is InChI=1S/C20H22F2N6/c1-28(2)8-7-24-20-26-18(15-3-5-23-6-4-15)12-19(27-20)25-13-14-9-16(21)11-17(22)10-14/h3-6,9-12H,7-8,13H2,1-2H3,(H2,24,25,26,27). The van der Waals surface area contributed by atoms with Crippen LogP contribution in [0.25, 0.3) is 11.3 Å². The molecule has 2 heterocycles. The van der Waals surface area contributed by atoms with Gasteiger partial charge >= 0.3 is 0 Å². The molecule has 0 bridgehead atoms. The molecule has 2 N–H and O–H groups in total. The summed E-state index contributed by atoms with van der Waals surface area (Å²) in [6.45, 7) is 1.74. The van der Waals surface area contributed by atoms with Crippen molar-refractivity contribution in [2.45, 2.75) is 6.54 Å². The zero-order valence-corrected chi connectivity index (χ0v) is 15.8. The first-order valence-electron chi connectivity index (χ1n) is 8.86. The van der Waals surface area contributed by atoms with Crippen molar-refractivity contribution in [2.24, 2.45) is 0 Å². The number of nitrogens with one attached hydrogen (secondary N) is 2. The van der Waals surface area contributed by atoms with Crippen LogP contribution in [0, 0.1) is 11.6 Å². The van der Waals surface area contributed by atoms with Crippen LogP contribution in [0.1, 0.15) is 5.56 Å². The lowest BCUT2D eigenvalue weighted by Crippen LogP contribution is -2.21. The first-order chi connectivity index (χ1) is 13.5. The van der Waals surface area contributed by atoms with Crippen molar-refractivity contribution in [3.8, 4) is 11.3 Å². The Labute approximate surface area is 162 Å². The van der Waals surface area contributed by atoms with Crippen molar-refractivity contribution < 1.29 is 8.78 Å². The summed E-state index contributed by atoms with van der Waals surface area (Å²) >= 11 is 0. The average molecular weight is 384 g/mol. The molecule has 0 aliphatic rings. The summed E-state index contributed by atoms with van der Waals surface area (Å²) in [6.07, 6.45) is 3.39. The first kappa shape index (κ1) is 19.6. The molecular weight excluding hydrogens is 362 g/mol. The van der Waals surface area contributed by atoms with E-state index >= 15 is 0 Å². The van der Waals surface area contributed by atoms with Crippen molar-refractivity contribution >= 4 is 11.8 Å². The molecule has 0 aliphatic carbocycles. The summed E-state index contributed by atoms with van der Waals surface area (Å²) in [6, 6.07) is 8.94. The smallest absolute Gasteiger partial charge is 0.225 e. The predicted octanol–water partition coefficient (Wildman–Crippen LogP) is 3.40. The summed E-state index contributed by atoms with van der Waals surface area (Å²) in [5, 5.41) is 6.32. The number of likely N-dealkylation sites (N-methyl/N-ethyl adjacent to an activating group) is 1. The molecule has 6 nitrogen and oxygen atoms in total. The first-order valence-corrected chi connectivity index (χ1v) is 8.86. The normalized spacial score (nSPS) is 10.9. The number of nitrogens with zero attached hydrogens (tertiary/aromatic N) is 4. The van der Waals surface area contributed by atoms with Gasteiger partial charge in [0.05, 0.1) is 5.69 Å². The third-order valence-electron chi connectivity index (χ3n) is 3.94. The Balaban J connectivity index is 1.81. The predicted molar refractivity (Wildman–Crippen MR) is 106 cm³/mol. The highest BCUT2D eigenvalue weighted by Gasteiger charge is 2.08. The SMILES string of the molecule is CN(C)CCNc1nc(NCc2cc(F)cc(F)c2)cc(-c2ccncc2)n1. The van der Waals surface area contributed by atoms with E-state index < -0.39 is 11.6 Å². The summed E-state index contributed by atoms with van der Waals surface area (Å²) < 4.78 is 26.8. The van der Waals surface area contributed by atoms with Crippen LogP contribution >= 0.6 is 0 Å². The van der Waals surface area contributed by atoms with Crippen LogP contribution in [0.15, 0.2) is 48.8 Å². The van der Waals surface area contributed by atoms with Crippen LogP contribution < -0.4 is 10.6 Å². The lowest BCUT2D eigenvalue weighted by molar-refractivity contribution is 0.425. The number of hydrogen-bond donors (Lipinski definition) is 2. The van der Waals surface area contributed by atoms with E-state index in [9.17, 15) is 8.78 Å². The second-order valence-electron chi connectivity index (χ2n) is 6.56. The highest BCUT2D eigenvalue weighted by atomic mass is 19.1. The molecule has 0 amide bonds. The molecule has 8 heteroatoms. The van der Waals surface area contributed by atoms with Gasteiger partial charge in [0.15, 0.2) is 0 Å². The van der Waals surface area contributed by atoms with Crippen molar-refractivity contribution in [1.82, 2.24) is 19.9 Å². The fourth-order valence-electron chi connectivity index (χ4n) is 2.58. The van der Waals surface area contributed by atoms with Gasteiger partial charge in [0.1, 0.15) is 17.5 Å². The molecule has 0 saturated heterocycles. The summed E-state index contributed by atoms with van der Waals surface area (Å²) in [7, 11) is 3.97. The zero-order chi connectivity index (χ0) is 19.9. The van der Waals surface area contributed by atoms with E-state index in [1.165, 1.54) is 12.1 Å². The topological polar surface area (TPSA) is 66.0 Å². The molecule has 28 heavy (non-hydrogen) atoms. The Kier molecular flexibility index (Phi) is 6.44. The van der Waals surface area contributed by atoms with E-state index in [1.807, 2.05) is 26.2 Å². The maximum Gasteiger partial charge on any atom is 0.225 e. The number of hydrogen-bond acceptors (Lipinski definition) is 6. The van der Waals surface area contributed by atoms with Crippen molar-refractivity contribution in [2.75, 3.05) is 37.8 Å². The third kappa shape index (κ3) is 5.68. The molecule has 0 aliphatic heterocycles. The minimum Gasteiger partial charge on any atom is -0.366 e. The second kappa shape index (κ2) is 9.18. The highest BCUT2D eigenvalue weighted by molar-refractivity contribution is 5.63. The Morgan fingerprint density at radius 3 is 2.32 bits per heavy atom. The zero-order valence-electron chi connectivity index (χ0n) is 15.8. The molecule has 0 fully saturated rings. The fourth-order valence-corrected chi connectivity index (χ4v) is 2.58. The molecular formula is C20H22F2N6. The number of anilines is 2. The maximum atomic E-state index is 13.4. The van der Waals surface area contributed by atoms with Gasteiger partial charge in [-0.15, -0.1) is 0 Å². The number of aromatic nitrogens is 3. The number of pyridine rings is 1. The molecule has 2 aromatic heterocycles. The maximum absolute atomic E-state index is 13.4. The van der Waals surface area contributed by atoms with Crippen molar-refractivity contribution in [3.63, 3.8) is 0 Å². The van der Waals surface area contributed by atoms with Gasteiger partial charge in [0, 0.05) is 49.7 Å². The minimum atomic E-state index is -0.608. The van der Waals surface area contributed by atoms with Gasteiger partial charge in [0.25, 0.3) is 0 Å². The third-order valence-corrected chi connectivity index (χ3v) is 3.94. The molecule has 3 rings (SSSR count). The Morgan fingerprint density at radius 2 is 1.64 bits per heavy atom. The van der Waals surface area contributed by atoms with Gasteiger partial charge in [-0.05, 0) is 43.9 Å². The Morgan fingerprint density at radius 1 is 0.929 bits per heavy atom. The van der Waals surface area contributed by atoms with Gasteiger partial charge < -0.3 is 15.5 Å². The van der Waals surface area contributed by atoms with Crippen molar-refractivity contribution in [1.29, 1.82) is 0 Å². The van der Waals surface area contributed by atoms with Gasteiger partial charge in [-0.1, -0.05) is 0 Å². The second-order valence-corrected chi connectivity index (χ2v) is 6.56. The van der Waals surface area contributed by atoms with Crippen molar-refractivity contribution in [3.05, 3.63) is 66.0 Å². The van der Waals surface area contributed by atoms with E-state index in [2.05, 4.69) is 30.5 Å². The van der Waals surface area contributed by atoms with Crippen LogP contribution in [0.3, 0.4) is 0 Å². The van der Waals surface area contributed by atoms with E-state index in [4.69, 9.17) is 0 Å². The van der Waals surface area contributed by atoms with E-state index in [1.54, 1.807) is 18.5 Å². The number of rotatable bonds is 8. The molecule has 0 unspecified atom stereocenters. The summed E-state index contributed by atoms with van der Waals surface area (Å²) in [5.74, 6) is -0.186. The largest absolute Gasteiger partial charge is 0.366 e. The van der Waals surface area contributed by atoms with Crippen LogP contribution in [0.5, 0.6) is 0 Å². The lowest BCUT2D eigenvalue weighted by Gasteiger charge is -2.13. The summed E-state index contributed by atoms with van der Waals surface area (Å²) in [5.41, 5.74) is 2.11. The molecule has 0 saturated carbocycles. The van der Waals surface area contributed by atoms with Gasteiger partial charge in [-0.25, -0.2) is 13.8 Å². The van der Waals surface area contributed by atoms with Crippen LogP contribution in [0.4, 0.5) is 20.5 Å². The van der Waals surface area contributed by atoms with Gasteiger partial charge in [-0.3, -0.25) is 4.98 Å². The van der Waals surface area contributed by atoms with E-state index in [0.717, 1.165) is 23.9 Å². The molecule has 3 aromatic rings. The van der Waals surface area contributed by atoms with Crippen LogP contribution in [-0.4, -0.2) is 47.0 Å². The van der Waals surface area contributed by atoms with E-state index in [0.29, 0.717) is 23.9 Å². The molecule has 146 valence electrons. The number of benzene rings is 1.